The van der Waals surface area contributed by atoms with E-state index in [2.05, 4.69) is 26.2 Å². The maximum Gasteiger partial charge on any atom is 0.343 e. The van der Waals surface area contributed by atoms with E-state index in [1.54, 1.807) is 24.3 Å². The summed E-state index contributed by atoms with van der Waals surface area (Å²) in [5.74, 6) is -0.135. The highest BCUT2D eigenvalue weighted by Gasteiger charge is 2.18. The third kappa shape index (κ3) is 5.45. The molecule has 0 radical (unpaired) electrons. The Hall–Kier alpha value is -3.83. The van der Waals surface area contributed by atoms with Gasteiger partial charge in [0.1, 0.15) is 5.70 Å². The lowest BCUT2D eigenvalue weighted by Gasteiger charge is -2.13. The van der Waals surface area contributed by atoms with Gasteiger partial charge in [0.15, 0.2) is 5.76 Å². The Morgan fingerprint density at radius 3 is 1.75 bits per heavy atom. The van der Waals surface area contributed by atoms with E-state index in [1.165, 1.54) is 0 Å². The molecule has 32 heavy (non-hydrogen) atoms. The molecule has 0 aliphatic rings. The van der Waals surface area contributed by atoms with E-state index >= 15 is 0 Å². The van der Waals surface area contributed by atoms with Gasteiger partial charge in [-0.25, -0.2) is 4.79 Å². The number of hydrogen-bond acceptors (Lipinski definition) is 4. The molecule has 0 aliphatic heterocycles. The summed E-state index contributed by atoms with van der Waals surface area (Å²) in [7, 11) is 0. The first-order valence-corrected chi connectivity index (χ1v) is 10.8. The number of carbonyl (C=O) groups excluding carboxylic acids is 1. The molecule has 0 atom stereocenters. The van der Waals surface area contributed by atoms with Crippen LogP contribution in [-0.2, 0) is 4.74 Å². The van der Waals surface area contributed by atoms with Crippen molar-refractivity contribution in [2.45, 2.75) is 0 Å². The van der Waals surface area contributed by atoms with Gasteiger partial charge in [-0.2, -0.15) is 5.11 Å². The Morgan fingerprint density at radius 2 is 1.16 bits per heavy atom. The molecule has 4 nitrogen and oxygen atoms in total. The van der Waals surface area contributed by atoms with Crippen LogP contribution in [0.3, 0.4) is 0 Å². The molecule has 4 aromatic carbocycles. The third-order valence-corrected chi connectivity index (χ3v) is 5.12. The van der Waals surface area contributed by atoms with Gasteiger partial charge < -0.3 is 4.74 Å². The second-order valence-corrected chi connectivity index (χ2v) is 7.76. The average molecular weight is 483 g/mol. The van der Waals surface area contributed by atoms with Gasteiger partial charge in [-0.15, -0.1) is 5.11 Å². The fraction of sp³-hybridized carbons (Fsp3) is 0. The Bertz CT molecular complexity index is 1240. The summed E-state index contributed by atoms with van der Waals surface area (Å²) >= 11 is 3.39. The minimum atomic E-state index is -0.473. The summed E-state index contributed by atoms with van der Waals surface area (Å²) in [5, 5.41) is 8.91. The fourth-order valence-corrected chi connectivity index (χ4v) is 3.27. The molecular weight excluding hydrogens is 464 g/mol. The molecule has 4 rings (SSSR count). The van der Waals surface area contributed by atoms with Crippen LogP contribution in [0.25, 0.3) is 11.5 Å². The lowest BCUT2D eigenvalue weighted by atomic mass is 10.1. The summed E-state index contributed by atoms with van der Waals surface area (Å²) < 4.78 is 6.82. The zero-order valence-electron chi connectivity index (χ0n) is 17.1. The van der Waals surface area contributed by atoms with Gasteiger partial charge in [-0.3, -0.25) is 0 Å². The quantitative estimate of drug-likeness (QED) is 0.121. The smallest absolute Gasteiger partial charge is 0.343 e. The van der Waals surface area contributed by atoms with Crippen LogP contribution in [0.15, 0.2) is 130 Å². The summed E-state index contributed by atoms with van der Waals surface area (Å²) in [6.07, 6.45) is 0. The molecule has 5 heteroatoms. The highest BCUT2D eigenvalue weighted by Crippen LogP contribution is 2.31. The first kappa shape index (κ1) is 21.4. The molecule has 0 saturated heterocycles. The van der Waals surface area contributed by atoms with Gasteiger partial charge in [0, 0.05) is 15.6 Å². The largest absolute Gasteiger partial charge is 0.420 e. The predicted molar refractivity (Wildman–Crippen MR) is 130 cm³/mol. The van der Waals surface area contributed by atoms with Crippen molar-refractivity contribution in [3.8, 4) is 0 Å². The zero-order chi connectivity index (χ0) is 22.2. The van der Waals surface area contributed by atoms with Crippen LogP contribution in [0.2, 0.25) is 0 Å². The number of halogens is 1. The number of nitrogens with zero attached hydrogens (tertiary/aromatic N) is 2. The van der Waals surface area contributed by atoms with E-state index in [4.69, 9.17) is 4.74 Å². The van der Waals surface area contributed by atoms with Crippen molar-refractivity contribution in [2.75, 3.05) is 0 Å². The van der Waals surface area contributed by atoms with Gasteiger partial charge in [0.05, 0.1) is 11.3 Å². The van der Waals surface area contributed by atoms with Gasteiger partial charge in [-0.1, -0.05) is 94.8 Å². The van der Waals surface area contributed by atoms with Gasteiger partial charge in [-0.05, 0) is 36.4 Å². The topological polar surface area (TPSA) is 51.0 Å². The van der Waals surface area contributed by atoms with Crippen molar-refractivity contribution in [3.05, 3.63) is 136 Å². The maximum atomic E-state index is 13.0. The molecule has 156 valence electrons. The Kier molecular flexibility index (Phi) is 7.00. The van der Waals surface area contributed by atoms with Gasteiger partial charge in [0.25, 0.3) is 0 Å². The van der Waals surface area contributed by atoms with Crippen LogP contribution >= 0.6 is 15.9 Å². The molecule has 0 bridgehead atoms. The lowest BCUT2D eigenvalue weighted by molar-refractivity contribution is 0.0692. The van der Waals surface area contributed by atoms with E-state index < -0.39 is 5.97 Å². The molecule has 0 unspecified atom stereocenters. The molecule has 0 N–H and O–H groups in total. The van der Waals surface area contributed by atoms with Crippen molar-refractivity contribution in [1.82, 2.24) is 0 Å². The average Bonchev–Trinajstić information content (AvgIpc) is 2.85. The zero-order valence-corrected chi connectivity index (χ0v) is 18.6. The fourth-order valence-electron chi connectivity index (χ4n) is 3.00. The number of rotatable bonds is 6. The summed E-state index contributed by atoms with van der Waals surface area (Å²) in [5.41, 5.74) is 3.12. The second kappa shape index (κ2) is 10.5. The van der Waals surface area contributed by atoms with Gasteiger partial charge >= 0.3 is 5.97 Å². The molecule has 0 aliphatic carbocycles. The summed E-state index contributed by atoms with van der Waals surface area (Å²) in [6.45, 7) is 0. The molecule has 0 fully saturated rings. The lowest BCUT2D eigenvalue weighted by Crippen LogP contribution is -2.06. The number of azo groups is 1. The van der Waals surface area contributed by atoms with Crippen LogP contribution in [-0.4, -0.2) is 5.97 Å². The van der Waals surface area contributed by atoms with Crippen molar-refractivity contribution in [1.29, 1.82) is 0 Å². The standard InChI is InChI=1S/C27H19BrN2O2/c28-23-18-16-22(17-19-23)27(31)32-26(21-12-6-2-7-13-21)25(20-10-4-1-5-11-20)30-29-24-14-8-3-9-15-24/h1-19H. The predicted octanol–water partition coefficient (Wildman–Crippen LogP) is 7.92. The van der Waals surface area contributed by atoms with E-state index in [0.29, 0.717) is 22.7 Å². The third-order valence-electron chi connectivity index (χ3n) is 4.59. The Balaban J connectivity index is 1.84. The maximum absolute atomic E-state index is 13.0. The molecule has 0 spiro atoms. The Morgan fingerprint density at radius 1 is 0.625 bits per heavy atom. The van der Waals surface area contributed by atoms with Crippen molar-refractivity contribution in [3.63, 3.8) is 0 Å². The minimum Gasteiger partial charge on any atom is -0.420 e. The molecule has 0 saturated carbocycles. The van der Waals surface area contributed by atoms with E-state index in [-0.39, 0.29) is 0 Å². The monoisotopic (exact) mass is 482 g/mol. The molecule has 0 aromatic heterocycles. The van der Waals surface area contributed by atoms with Crippen LogP contribution in [0.1, 0.15) is 21.5 Å². The number of esters is 1. The van der Waals surface area contributed by atoms with Crippen LogP contribution < -0.4 is 0 Å². The highest BCUT2D eigenvalue weighted by molar-refractivity contribution is 9.10. The minimum absolute atomic E-state index is 0.337. The molecular formula is C27H19BrN2O2. The van der Waals surface area contributed by atoms with Gasteiger partial charge in [0.2, 0.25) is 0 Å². The second-order valence-electron chi connectivity index (χ2n) is 6.84. The normalized spacial score (nSPS) is 11.8. The first-order valence-electron chi connectivity index (χ1n) is 10.0. The Labute approximate surface area is 195 Å². The molecule has 4 aromatic rings. The van der Waals surface area contributed by atoms with Crippen LogP contribution in [0, 0.1) is 0 Å². The molecule has 0 amide bonds. The summed E-state index contributed by atoms with van der Waals surface area (Å²) in [6, 6.07) is 35.5. The number of ether oxygens (including phenoxy) is 1. The van der Waals surface area contributed by atoms with Crippen LogP contribution in [0.5, 0.6) is 0 Å². The van der Waals surface area contributed by atoms with Crippen molar-refractivity contribution < 1.29 is 9.53 Å². The SMILES string of the molecule is O=C(OC(=C(N=Nc1ccccc1)c1ccccc1)c1ccccc1)c1ccc(Br)cc1. The first-order chi connectivity index (χ1) is 15.7. The number of benzene rings is 4. The number of hydrogen-bond donors (Lipinski definition) is 0. The van der Waals surface area contributed by atoms with Crippen LogP contribution in [0.4, 0.5) is 5.69 Å². The van der Waals surface area contributed by atoms with E-state index in [0.717, 1.165) is 15.6 Å². The van der Waals surface area contributed by atoms with E-state index in [9.17, 15) is 4.79 Å². The van der Waals surface area contributed by atoms with E-state index in [1.807, 2.05) is 91.0 Å². The highest BCUT2D eigenvalue weighted by atomic mass is 79.9. The van der Waals surface area contributed by atoms with Crippen molar-refractivity contribution in [2.24, 2.45) is 10.2 Å². The number of carbonyl (C=O) groups is 1. The summed E-state index contributed by atoms with van der Waals surface area (Å²) in [4.78, 5) is 13.0. The molecule has 0 heterocycles. The van der Waals surface area contributed by atoms with Crippen molar-refractivity contribution >= 4 is 39.0 Å².